The summed E-state index contributed by atoms with van der Waals surface area (Å²) < 4.78 is 37.1. The summed E-state index contributed by atoms with van der Waals surface area (Å²) in [6.07, 6.45) is -3.58. The number of benzene rings is 1. The van der Waals surface area contributed by atoms with Gasteiger partial charge in [0.25, 0.3) is 0 Å². The van der Waals surface area contributed by atoms with E-state index in [1.54, 1.807) is 4.90 Å². The molecule has 6 heteroatoms. The predicted molar refractivity (Wildman–Crippen MR) is 64.2 cm³/mol. The first-order valence-electron chi connectivity index (χ1n) is 5.47. The van der Waals surface area contributed by atoms with Crippen molar-refractivity contribution in [1.29, 1.82) is 0 Å². The summed E-state index contributed by atoms with van der Waals surface area (Å²) in [5, 5.41) is 0. The molecule has 0 aromatic heterocycles. The maximum Gasteiger partial charge on any atom is 0.416 e. The Labute approximate surface area is 111 Å². The van der Waals surface area contributed by atoms with Gasteiger partial charge in [0.05, 0.1) is 10.4 Å². The number of rotatable bonds is 2. The van der Waals surface area contributed by atoms with Crippen molar-refractivity contribution in [2.75, 3.05) is 6.54 Å². The molecule has 0 radical (unpaired) electrons. The quantitative estimate of drug-likeness (QED) is 0.766. The molecule has 98 valence electrons. The summed E-state index contributed by atoms with van der Waals surface area (Å²) in [6, 6.07) is 4.91. The van der Waals surface area contributed by atoms with Gasteiger partial charge in [0.1, 0.15) is 0 Å². The van der Waals surface area contributed by atoms with E-state index in [0.717, 1.165) is 18.6 Å². The van der Waals surface area contributed by atoms with Gasteiger partial charge in [-0.05, 0) is 24.1 Å². The zero-order valence-corrected chi connectivity index (χ0v) is 11.0. The van der Waals surface area contributed by atoms with Gasteiger partial charge >= 0.3 is 6.18 Å². The SMILES string of the molecule is O=C1[C@H](Br)CCN1Cc1ccc(C(F)(F)F)cc1. The van der Waals surface area contributed by atoms with Crippen molar-refractivity contribution < 1.29 is 18.0 Å². The largest absolute Gasteiger partial charge is 0.416 e. The molecule has 1 amide bonds. The molecule has 2 nitrogen and oxygen atoms in total. The lowest BCUT2D eigenvalue weighted by Crippen LogP contribution is -2.26. The first kappa shape index (κ1) is 13.4. The molecule has 1 atom stereocenters. The van der Waals surface area contributed by atoms with Crippen LogP contribution in [0.1, 0.15) is 17.5 Å². The van der Waals surface area contributed by atoms with Crippen LogP contribution in [-0.2, 0) is 17.5 Å². The minimum absolute atomic E-state index is 0.00472. The zero-order chi connectivity index (χ0) is 13.3. The van der Waals surface area contributed by atoms with Gasteiger partial charge < -0.3 is 4.90 Å². The summed E-state index contributed by atoms with van der Waals surface area (Å²) in [6.45, 7) is 0.995. The topological polar surface area (TPSA) is 20.3 Å². The number of likely N-dealkylation sites (tertiary alicyclic amines) is 1. The van der Waals surface area contributed by atoms with E-state index in [-0.39, 0.29) is 10.7 Å². The number of hydrogen-bond acceptors (Lipinski definition) is 1. The van der Waals surface area contributed by atoms with Crippen molar-refractivity contribution in [3.63, 3.8) is 0 Å². The molecular weight excluding hydrogens is 311 g/mol. The van der Waals surface area contributed by atoms with Crippen LogP contribution in [0.15, 0.2) is 24.3 Å². The number of carbonyl (C=O) groups is 1. The fourth-order valence-electron chi connectivity index (χ4n) is 1.88. The van der Waals surface area contributed by atoms with E-state index in [4.69, 9.17) is 0 Å². The van der Waals surface area contributed by atoms with Crippen LogP contribution < -0.4 is 0 Å². The van der Waals surface area contributed by atoms with E-state index >= 15 is 0 Å². The average molecular weight is 322 g/mol. The molecule has 0 bridgehead atoms. The second-order valence-electron chi connectivity index (χ2n) is 4.21. The second kappa shape index (κ2) is 4.91. The van der Waals surface area contributed by atoms with E-state index in [1.807, 2.05) is 0 Å². The van der Waals surface area contributed by atoms with Gasteiger partial charge in [0.2, 0.25) is 5.91 Å². The second-order valence-corrected chi connectivity index (χ2v) is 5.32. The summed E-state index contributed by atoms with van der Waals surface area (Å²) in [7, 11) is 0. The van der Waals surface area contributed by atoms with Gasteiger partial charge in [-0.25, -0.2) is 0 Å². The Morgan fingerprint density at radius 2 is 1.89 bits per heavy atom. The number of amides is 1. The maximum absolute atomic E-state index is 12.4. The predicted octanol–water partition coefficient (Wildman–Crippen LogP) is 3.20. The standard InChI is InChI=1S/C12H11BrF3NO/c13-10-5-6-17(11(10)18)7-8-1-3-9(4-2-8)12(14,15)16/h1-4,10H,5-7H2/t10-/m1/s1. The molecule has 1 aromatic carbocycles. The van der Waals surface area contributed by atoms with E-state index in [1.165, 1.54) is 12.1 Å². The number of hydrogen-bond donors (Lipinski definition) is 0. The van der Waals surface area contributed by atoms with E-state index in [0.29, 0.717) is 18.7 Å². The van der Waals surface area contributed by atoms with Crippen LogP contribution in [0.5, 0.6) is 0 Å². The first-order valence-corrected chi connectivity index (χ1v) is 6.38. The van der Waals surface area contributed by atoms with Crippen molar-refractivity contribution in [2.24, 2.45) is 0 Å². The van der Waals surface area contributed by atoms with Crippen molar-refractivity contribution in [3.8, 4) is 0 Å². The number of halogens is 4. The minimum Gasteiger partial charge on any atom is -0.337 e. The van der Waals surface area contributed by atoms with Crippen LogP contribution >= 0.6 is 15.9 Å². The highest BCUT2D eigenvalue weighted by atomic mass is 79.9. The Morgan fingerprint density at radius 1 is 1.28 bits per heavy atom. The molecule has 0 unspecified atom stereocenters. The van der Waals surface area contributed by atoms with Crippen molar-refractivity contribution in [2.45, 2.75) is 24.0 Å². The highest BCUT2D eigenvalue weighted by Crippen LogP contribution is 2.29. The first-order chi connectivity index (χ1) is 8.38. The molecule has 1 aliphatic rings. The Bertz CT molecular complexity index is 444. The van der Waals surface area contributed by atoms with Gasteiger partial charge in [-0.3, -0.25) is 4.79 Å². The summed E-state index contributed by atoms with van der Waals surface area (Å²) >= 11 is 3.26. The molecule has 0 saturated carbocycles. The van der Waals surface area contributed by atoms with Crippen LogP contribution in [0, 0.1) is 0 Å². The molecule has 2 rings (SSSR count). The lowest BCUT2D eigenvalue weighted by molar-refractivity contribution is -0.137. The fourth-order valence-corrected chi connectivity index (χ4v) is 2.37. The molecule has 0 aliphatic carbocycles. The molecule has 1 aliphatic heterocycles. The summed E-state index contributed by atoms with van der Waals surface area (Å²) in [4.78, 5) is 13.1. The number of nitrogens with zero attached hydrogens (tertiary/aromatic N) is 1. The molecule has 1 heterocycles. The zero-order valence-electron chi connectivity index (χ0n) is 9.38. The molecule has 0 N–H and O–H groups in total. The van der Waals surface area contributed by atoms with E-state index in [9.17, 15) is 18.0 Å². The number of alkyl halides is 4. The lowest BCUT2D eigenvalue weighted by Gasteiger charge is -2.16. The average Bonchev–Trinajstić information content (AvgIpc) is 2.61. The van der Waals surface area contributed by atoms with Crippen LogP contribution in [0.2, 0.25) is 0 Å². The van der Waals surface area contributed by atoms with Gasteiger partial charge in [-0.2, -0.15) is 13.2 Å². The summed E-state index contributed by atoms with van der Waals surface area (Å²) in [5.74, 6) is -0.00472. The van der Waals surface area contributed by atoms with Gasteiger partial charge in [0.15, 0.2) is 0 Å². The van der Waals surface area contributed by atoms with Crippen LogP contribution in [0.3, 0.4) is 0 Å². The van der Waals surface area contributed by atoms with E-state index in [2.05, 4.69) is 15.9 Å². The van der Waals surface area contributed by atoms with Crippen molar-refractivity contribution in [1.82, 2.24) is 4.90 Å². The molecule has 0 spiro atoms. The third kappa shape index (κ3) is 2.85. The van der Waals surface area contributed by atoms with Crippen LogP contribution in [-0.4, -0.2) is 22.2 Å². The highest BCUT2D eigenvalue weighted by molar-refractivity contribution is 9.10. The Balaban J connectivity index is 2.05. The Kier molecular flexibility index (Phi) is 3.66. The minimum atomic E-state index is -4.32. The fraction of sp³-hybridized carbons (Fsp3) is 0.417. The normalized spacial score (nSPS) is 20.6. The Morgan fingerprint density at radius 3 is 2.33 bits per heavy atom. The van der Waals surface area contributed by atoms with Crippen LogP contribution in [0.4, 0.5) is 13.2 Å². The highest BCUT2D eigenvalue weighted by Gasteiger charge is 2.31. The van der Waals surface area contributed by atoms with Crippen molar-refractivity contribution >= 4 is 21.8 Å². The third-order valence-corrected chi connectivity index (χ3v) is 3.74. The number of carbonyl (C=O) groups excluding carboxylic acids is 1. The van der Waals surface area contributed by atoms with Crippen LogP contribution in [0.25, 0.3) is 0 Å². The molecular formula is C12H11BrF3NO. The van der Waals surface area contributed by atoms with Gasteiger partial charge in [0, 0.05) is 13.1 Å². The van der Waals surface area contributed by atoms with Gasteiger partial charge in [-0.15, -0.1) is 0 Å². The smallest absolute Gasteiger partial charge is 0.337 e. The molecule has 1 saturated heterocycles. The molecule has 1 fully saturated rings. The molecule has 1 aromatic rings. The summed E-state index contributed by atoms with van der Waals surface area (Å²) in [5.41, 5.74) is 0.0373. The van der Waals surface area contributed by atoms with Gasteiger partial charge in [-0.1, -0.05) is 28.1 Å². The maximum atomic E-state index is 12.4. The van der Waals surface area contributed by atoms with E-state index < -0.39 is 11.7 Å². The Hall–Kier alpha value is -1.04. The molecule has 18 heavy (non-hydrogen) atoms. The van der Waals surface area contributed by atoms with Crippen molar-refractivity contribution in [3.05, 3.63) is 35.4 Å². The lowest BCUT2D eigenvalue weighted by atomic mass is 10.1. The third-order valence-electron chi connectivity index (χ3n) is 2.89. The monoisotopic (exact) mass is 321 g/mol.